The van der Waals surface area contributed by atoms with Gasteiger partial charge in [0.15, 0.2) is 0 Å². The topological polar surface area (TPSA) is 18.5 Å². The summed E-state index contributed by atoms with van der Waals surface area (Å²) in [5, 5.41) is 0. The van der Waals surface area contributed by atoms with E-state index in [2.05, 4.69) is 6.92 Å². The van der Waals surface area contributed by atoms with Crippen LogP contribution in [0.15, 0.2) is 11.3 Å². The first kappa shape index (κ1) is 10.1. The van der Waals surface area contributed by atoms with Crippen LogP contribution in [-0.2, 0) is 9.39 Å². The van der Waals surface area contributed by atoms with Crippen molar-refractivity contribution in [2.45, 2.75) is 32.4 Å². The predicted molar refractivity (Wildman–Crippen MR) is 58.3 cm³/mol. The van der Waals surface area contributed by atoms with Gasteiger partial charge < -0.3 is 9.39 Å². The van der Waals surface area contributed by atoms with Gasteiger partial charge in [-0.15, -0.1) is 0 Å². The zero-order valence-electron chi connectivity index (χ0n) is 9.38. The largest absolute Gasteiger partial charge is 0.501 e. The summed E-state index contributed by atoms with van der Waals surface area (Å²) in [4.78, 5) is 0. The molecule has 0 amide bonds. The molecule has 0 aromatic heterocycles. The lowest BCUT2D eigenvalue weighted by Gasteiger charge is -2.38. The third-order valence-corrected chi connectivity index (χ3v) is 3.87. The van der Waals surface area contributed by atoms with Gasteiger partial charge in [0.2, 0.25) is 0 Å². The molecule has 0 radical (unpaired) electrons. The van der Waals surface area contributed by atoms with Gasteiger partial charge in [0.1, 0.15) is 0 Å². The van der Waals surface area contributed by atoms with Crippen molar-refractivity contribution in [2.24, 2.45) is 11.8 Å². The minimum absolute atomic E-state index is 0.479. The Morgan fingerprint density at radius 1 is 1.29 bits per heavy atom. The van der Waals surface area contributed by atoms with Gasteiger partial charge in [-0.2, -0.15) is 0 Å². The molecule has 1 heterocycles. The first-order valence-electron chi connectivity index (χ1n) is 5.51. The molecule has 1 aliphatic heterocycles. The van der Waals surface area contributed by atoms with Crippen molar-refractivity contribution in [1.82, 2.24) is 0 Å². The molecule has 2 unspecified atom stereocenters. The Hall–Kier alpha value is -0.435. The van der Waals surface area contributed by atoms with E-state index in [1.165, 1.54) is 30.4 Å². The fourth-order valence-electron chi connectivity index (χ4n) is 2.99. The zero-order valence-corrected chi connectivity index (χ0v) is 9.38. The van der Waals surface area contributed by atoms with Gasteiger partial charge in [0.25, 0.3) is 6.92 Å². The molecule has 2 aliphatic rings. The van der Waals surface area contributed by atoms with Crippen LogP contribution in [0, 0.1) is 11.8 Å². The second-order valence-corrected chi connectivity index (χ2v) is 4.64. The molecule has 2 bridgehead atoms. The average Bonchev–Trinajstić information content (AvgIpc) is 2.23. The Morgan fingerprint density at radius 3 is 2.71 bits per heavy atom. The summed E-state index contributed by atoms with van der Waals surface area (Å²) in [7, 11) is 3.63. The quantitative estimate of drug-likeness (QED) is 0.629. The number of allylic oxidation sites excluding steroid dienone is 2. The molecule has 0 aromatic carbocycles. The number of rotatable bonds is 2. The maximum atomic E-state index is 5.48. The Morgan fingerprint density at radius 2 is 2.07 bits per heavy atom. The van der Waals surface area contributed by atoms with Crippen LogP contribution in [0.5, 0.6) is 0 Å². The van der Waals surface area contributed by atoms with Gasteiger partial charge in [0.05, 0.1) is 12.9 Å². The van der Waals surface area contributed by atoms with E-state index >= 15 is 0 Å². The second-order valence-electron chi connectivity index (χ2n) is 4.64. The molecular formula is C11H19BO2. The van der Waals surface area contributed by atoms with Crippen LogP contribution in [0.4, 0.5) is 0 Å². The van der Waals surface area contributed by atoms with E-state index in [9.17, 15) is 0 Å². The molecular weight excluding hydrogens is 175 g/mol. The van der Waals surface area contributed by atoms with Crippen LogP contribution >= 0.6 is 0 Å². The van der Waals surface area contributed by atoms with E-state index in [1.54, 1.807) is 7.11 Å². The third-order valence-electron chi connectivity index (χ3n) is 3.87. The Kier molecular flexibility index (Phi) is 2.87. The average molecular weight is 194 g/mol. The van der Waals surface area contributed by atoms with E-state index in [0.717, 1.165) is 12.3 Å². The van der Waals surface area contributed by atoms with Crippen molar-refractivity contribution < 1.29 is 9.39 Å². The molecule has 78 valence electrons. The van der Waals surface area contributed by atoms with Crippen LogP contribution in [0.1, 0.15) is 19.8 Å². The first-order chi connectivity index (χ1) is 6.74. The van der Waals surface area contributed by atoms with Crippen LogP contribution in [-0.4, -0.2) is 21.1 Å². The number of ether oxygens (including phenoxy) is 1. The van der Waals surface area contributed by atoms with Gasteiger partial charge >= 0.3 is 0 Å². The summed E-state index contributed by atoms with van der Waals surface area (Å²) >= 11 is 0. The molecule has 1 fully saturated rings. The molecule has 2 nitrogen and oxygen atoms in total. The number of hydrogen-bond acceptors (Lipinski definition) is 2. The lowest BCUT2D eigenvalue weighted by atomic mass is 9.47. The number of methoxy groups -OCH3 is 1. The summed E-state index contributed by atoms with van der Waals surface area (Å²) in [5.41, 5.74) is 1.46. The predicted octanol–water partition coefficient (Wildman–Crippen LogP) is 2.58. The fourth-order valence-corrected chi connectivity index (χ4v) is 2.99. The van der Waals surface area contributed by atoms with Crippen molar-refractivity contribution in [2.75, 3.05) is 14.2 Å². The molecule has 0 aromatic rings. The minimum atomic E-state index is 0.479. The highest BCUT2D eigenvalue weighted by molar-refractivity contribution is 6.52. The highest BCUT2D eigenvalue weighted by atomic mass is 16.5. The van der Waals surface area contributed by atoms with Gasteiger partial charge in [-0.05, 0) is 43.4 Å². The summed E-state index contributed by atoms with van der Waals surface area (Å²) in [6.07, 6.45) is 4.87. The van der Waals surface area contributed by atoms with E-state index in [0.29, 0.717) is 12.8 Å². The van der Waals surface area contributed by atoms with E-state index in [-0.39, 0.29) is 0 Å². The lowest BCUT2D eigenvalue weighted by Crippen LogP contribution is -2.34. The highest BCUT2D eigenvalue weighted by Gasteiger charge is 2.37. The van der Waals surface area contributed by atoms with Gasteiger partial charge in [0, 0.05) is 13.5 Å². The van der Waals surface area contributed by atoms with Gasteiger partial charge in [-0.3, -0.25) is 0 Å². The summed E-state index contributed by atoms with van der Waals surface area (Å²) < 4.78 is 10.9. The van der Waals surface area contributed by atoms with Crippen molar-refractivity contribution in [3.05, 3.63) is 11.3 Å². The molecule has 3 heteroatoms. The normalized spacial score (nSPS) is 32.1. The lowest BCUT2D eigenvalue weighted by molar-refractivity contribution is 0.217. The number of hydrogen-bond donors (Lipinski definition) is 0. The van der Waals surface area contributed by atoms with Crippen molar-refractivity contribution in [3.63, 3.8) is 0 Å². The molecule has 2 rings (SSSR count). The van der Waals surface area contributed by atoms with Gasteiger partial charge in [-0.1, -0.05) is 0 Å². The highest BCUT2D eigenvalue weighted by Crippen LogP contribution is 2.43. The van der Waals surface area contributed by atoms with Crippen LogP contribution in [0.25, 0.3) is 0 Å². The van der Waals surface area contributed by atoms with Crippen LogP contribution in [0.2, 0.25) is 12.6 Å². The molecule has 14 heavy (non-hydrogen) atoms. The minimum Gasteiger partial charge on any atom is -0.501 e. The Bertz CT molecular complexity index is 250. The summed E-state index contributed by atoms with van der Waals surface area (Å²) in [6, 6.07) is 0. The maximum absolute atomic E-state index is 5.48. The molecule has 0 N–H and O–H groups in total. The van der Waals surface area contributed by atoms with E-state index in [1.807, 2.05) is 7.11 Å². The first-order valence-corrected chi connectivity index (χ1v) is 5.51. The van der Waals surface area contributed by atoms with E-state index < -0.39 is 0 Å². The SMILES string of the molecule is COB1CC2CC(OC)=C(C)C(C1)C2. The van der Waals surface area contributed by atoms with Crippen LogP contribution in [0.3, 0.4) is 0 Å². The molecule has 1 saturated heterocycles. The standard InChI is InChI=1S/C11H19BO2/c1-8-10-4-9(5-11(8)13-2)6-12(7-10)14-3/h9-10H,4-7H2,1-3H3. The molecule has 1 aliphatic carbocycles. The molecule has 0 spiro atoms. The van der Waals surface area contributed by atoms with Crippen LogP contribution < -0.4 is 0 Å². The van der Waals surface area contributed by atoms with Crippen molar-refractivity contribution >= 4 is 6.92 Å². The van der Waals surface area contributed by atoms with E-state index in [4.69, 9.17) is 9.39 Å². The van der Waals surface area contributed by atoms with Crippen molar-refractivity contribution in [3.8, 4) is 0 Å². The third kappa shape index (κ3) is 1.70. The smallest absolute Gasteiger partial charge is 0.293 e. The maximum Gasteiger partial charge on any atom is 0.293 e. The monoisotopic (exact) mass is 194 g/mol. The molecule has 0 saturated carbocycles. The zero-order chi connectivity index (χ0) is 10.1. The Labute approximate surface area is 86.8 Å². The molecule has 2 atom stereocenters. The second kappa shape index (κ2) is 3.97. The van der Waals surface area contributed by atoms with Gasteiger partial charge in [-0.25, -0.2) is 0 Å². The Balaban J connectivity index is 2.15. The number of fused-ring (bicyclic) bond motifs is 2. The fraction of sp³-hybridized carbons (Fsp3) is 0.818. The summed E-state index contributed by atoms with van der Waals surface area (Å²) in [6.45, 7) is 2.70. The summed E-state index contributed by atoms with van der Waals surface area (Å²) in [5.74, 6) is 2.74. The van der Waals surface area contributed by atoms with Crippen molar-refractivity contribution in [1.29, 1.82) is 0 Å².